The molecule has 74 valence electrons. The summed E-state index contributed by atoms with van der Waals surface area (Å²) in [6, 6.07) is 6.33. The topological polar surface area (TPSA) is 9.23 Å². The van der Waals surface area contributed by atoms with Crippen LogP contribution in [0.1, 0.15) is 36.8 Å². The zero-order chi connectivity index (χ0) is 9.97. The Morgan fingerprint density at radius 2 is 2.29 bits per heavy atom. The van der Waals surface area contributed by atoms with Gasteiger partial charge in [0.15, 0.2) is 0 Å². The number of rotatable bonds is 4. The third kappa shape index (κ3) is 1.82. The van der Waals surface area contributed by atoms with Gasteiger partial charge in [-0.25, -0.2) is 0 Å². The Morgan fingerprint density at radius 1 is 1.50 bits per heavy atom. The van der Waals surface area contributed by atoms with Gasteiger partial charge in [0.25, 0.3) is 0 Å². The first kappa shape index (κ1) is 9.32. The van der Waals surface area contributed by atoms with Gasteiger partial charge in [0.05, 0.1) is 6.61 Å². The summed E-state index contributed by atoms with van der Waals surface area (Å²) < 4.78 is 5.60. The Morgan fingerprint density at radius 3 is 2.86 bits per heavy atom. The fourth-order valence-corrected chi connectivity index (χ4v) is 1.69. The number of ether oxygens (including phenoxy) is 1. The molecule has 1 fully saturated rings. The summed E-state index contributed by atoms with van der Waals surface area (Å²) in [6.07, 6.45) is 4.50. The average molecular weight is 188 g/mol. The quantitative estimate of drug-likeness (QED) is 0.701. The van der Waals surface area contributed by atoms with Crippen molar-refractivity contribution >= 4 is 6.08 Å². The zero-order valence-electron chi connectivity index (χ0n) is 8.62. The monoisotopic (exact) mass is 188 g/mol. The Balaban J connectivity index is 2.33. The Hall–Kier alpha value is -1.24. The molecule has 1 aromatic carbocycles. The molecule has 1 saturated carbocycles. The van der Waals surface area contributed by atoms with Crippen LogP contribution < -0.4 is 4.74 Å². The van der Waals surface area contributed by atoms with E-state index >= 15 is 0 Å². The van der Waals surface area contributed by atoms with Crippen LogP contribution in [0.3, 0.4) is 0 Å². The Bertz CT molecular complexity index is 337. The molecule has 0 saturated heterocycles. The highest BCUT2D eigenvalue weighted by atomic mass is 16.5. The summed E-state index contributed by atoms with van der Waals surface area (Å²) >= 11 is 0. The molecule has 14 heavy (non-hydrogen) atoms. The first-order valence-electron chi connectivity index (χ1n) is 5.24. The zero-order valence-corrected chi connectivity index (χ0v) is 8.62. The van der Waals surface area contributed by atoms with Gasteiger partial charge < -0.3 is 4.74 Å². The molecule has 0 atom stereocenters. The SMILES string of the molecule is C=Cc1ccc(OCC)c(C2CC2)c1. The van der Waals surface area contributed by atoms with Crippen LogP contribution in [0.25, 0.3) is 6.08 Å². The number of hydrogen-bond acceptors (Lipinski definition) is 1. The minimum Gasteiger partial charge on any atom is -0.494 e. The van der Waals surface area contributed by atoms with Crippen molar-refractivity contribution in [3.05, 3.63) is 35.9 Å². The summed E-state index contributed by atoms with van der Waals surface area (Å²) in [5.41, 5.74) is 2.56. The molecule has 0 unspecified atom stereocenters. The molecule has 1 nitrogen and oxygen atoms in total. The molecule has 0 bridgehead atoms. The van der Waals surface area contributed by atoms with E-state index in [1.807, 2.05) is 13.0 Å². The third-order valence-electron chi connectivity index (χ3n) is 2.59. The first-order valence-corrected chi connectivity index (χ1v) is 5.24. The second kappa shape index (κ2) is 3.87. The van der Waals surface area contributed by atoms with Crippen molar-refractivity contribution in [3.63, 3.8) is 0 Å². The molecule has 0 N–H and O–H groups in total. The average Bonchev–Trinajstić information content (AvgIpc) is 3.02. The lowest BCUT2D eigenvalue weighted by atomic mass is 10.1. The molecule has 0 radical (unpaired) electrons. The molecular formula is C13H16O. The second-order valence-electron chi connectivity index (χ2n) is 3.71. The molecule has 1 aliphatic carbocycles. The summed E-state index contributed by atoms with van der Waals surface area (Å²) in [7, 11) is 0. The van der Waals surface area contributed by atoms with E-state index in [1.165, 1.54) is 24.0 Å². The van der Waals surface area contributed by atoms with Gasteiger partial charge in [0.1, 0.15) is 5.75 Å². The fraction of sp³-hybridized carbons (Fsp3) is 0.385. The standard InChI is InChI=1S/C13H16O/c1-3-10-5-8-13(14-4-2)12(9-10)11-6-7-11/h3,5,8-9,11H,1,4,6-7H2,2H3. The second-order valence-corrected chi connectivity index (χ2v) is 3.71. The van der Waals surface area contributed by atoms with Crippen LogP contribution in [0.15, 0.2) is 24.8 Å². The molecular weight excluding hydrogens is 172 g/mol. The molecule has 2 rings (SSSR count). The molecule has 0 aromatic heterocycles. The number of hydrogen-bond donors (Lipinski definition) is 0. The van der Waals surface area contributed by atoms with Gasteiger partial charge in [-0.3, -0.25) is 0 Å². The highest BCUT2D eigenvalue weighted by Gasteiger charge is 2.26. The van der Waals surface area contributed by atoms with Crippen molar-refractivity contribution in [3.8, 4) is 5.75 Å². The van der Waals surface area contributed by atoms with E-state index in [-0.39, 0.29) is 0 Å². The largest absolute Gasteiger partial charge is 0.494 e. The van der Waals surface area contributed by atoms with Crippen molar-refractivity contribution < 1.29 is 4.74 Å². The summed E-state index contributed by atoms with van der Waals surface area (Å²) in [5, 5.41) is 0. The lowest BCUT2D eigenvalue weighted by molar-refractivity contribution is 0.336. The van der Waals surface area contributed by atoms with E-state index in [2.05, 4.69) is 24.8 Å². The summed E-state index contributed by atoms with van der Waals surface area (Å²) in [5.74, 6) is 1.79. The smallest absolute Gasteiger partial charge is 0.122 e. The van der Waals surface area contributed by atoms with Crippen LogP contribution in [0.2, 0.25) is 0 Å². The van der Waals surface area contributed by atoms with Crippen LogP contribution in [0.4, 0.5) is 0 Å². The predicted octanol–water partition coefficient (Wildman–Crippen LogP) is 3.61. The molecule has 1 aliphatic rings. The van der Waals surface area contributed by atoms with Crippen molar-refractivity contribution in [1.82, 2.24) is 0 Å². The maximum absolute atomic E-state index is 5.60. The van der Waals surface area contributed by atoms with E-state index in [1.54, 1.807) is 0 Å². The fourth-order valence-electron chi connectivity index (χ4n) is 1.69. The summed E-state index contributed by atoms with van der Waals surface area (Å²) in [4.78, 5) is 0. The first-order chi connectivity index (χ1) is 6.85. The van der Waals surface area contributed by atoms with Crippen LogP contribution in [-0.4, -0.2) is 6.61 Å². The van der Waals surface area contributed by atoms with Gasteiger partial charge >= 0.3 is 0 Å². The Labute approximate surface area is 85.4 Å². The highest BCUT2D eigenvalue weighted by Crippen LogP contribution is 2.44. The number of benzene rings is 1. The van der Waals surface area contributed by atoms with Crippen molar-refractivity contribution in [1.29, 1.82) is 0 Å². The predicted molar refractivity (Wildman–Crippen MR) is 59.7 cm³/mol. The normalized spacial score (nSPS) is 15.2. The molecule has 0 amide bonds. The van der Waals surface area contributed by atoms with Gasteiger partial charge in [0.2, 0.25) is 0 Å². The maximum atomic E-state index is 5.60. The van der Waals surface area contributed by atoms with Crippen molar-refractivity contribution in [2.24, 2.45) is 0 Å². The minimum absolute atomic E-state index is 0.733. The van der Waals surface area contributed by atoms with Crippen molar-refractivity contribution in [2.45, 2.75) is 25.7 Å². The maximum Gasteiger partial charge on any atom is 0.122 e. The van der Waals surface area contributed by atoms with Crippen molar-refractivity contribution in [2.75, 3.05) is 6.61 Å². The van der Waals surface area contributed by atoms with E-state index < -0.39 is 0 Å². The molecule has 0 spiro atoms. The van der Waals surface area contributed by atoms with Gasteiger partial charge in [0, 0.05) is 0 Å². The van der Waals surface area contributed by atoms with Gasteiger partial charge in [-0.05, 0) is 48.9 Å². The molecule has 0 aliphatic heterocycles. The van der Waals surface area contributed by atoms with E-state index in [0.717, 1.165) is 18.3 Å². The van der Waals surface area contributed by atoms with Crippen LogP contribution in [0, 0.1) is 0 Å². The van der Waals surface area contributed by atoms with Gasteiger partial charge in [-0.15, -0.1) is 0 Å². The van der Waals surface area contributed by atoms with E-state index in [4.69, 9.17) is 4.74 Å². The summed E-state index contributed by atoms with van der Waals surface area (Å²) in [6.45, 7) is 6.56. The van der Waals surface area contributed by atoms with E-state index in [9.17, 15) is 0 Å². The lowest BCUT2D eigenvalue weighted by Crippen LogP contribution is -1.95. The van der Waals surface area contributed by atoms with Crippen LogP contribution in [-0.2, 0) is 0 Å². The molecule has 0 heterocycles. The molecule has 1 aromatic rings. The Kier molecular flexibility index (Phi) is 2.58. The highest BCUT2D eigenvalue weighted by molar-refractivity contribution is 5.53. The third-order valence-corrected chi connectivity index (χ3v) is 2.59. The lowest BCUT2D eigenvalue weighted by Gasteiger charge is -2.10. The minimum atomic E-state index is 0.733. The van der Waals surface area contributed by atoms with Crippen LogP contribution >= 0.6 is 0 Å². The molecule has 1 heteroatoms. The van der Waals surface area contributed by atoms with Gasteiger partial charge in [-0.2, -0.15) is 0 Å². The van der Waals surface area contributed by atoms with E-state index in [0.29, 0.717) is 0 Å². The van der Waals surface area contributed by atoms with Gasteiger partial charge in [-0.1, -0.05) is 18.7 Å². The van der Waals surface area contributed by atoms with Crippen LogP contribution in [0.5, 0.6) is 5.75 Å².